The Morgan fingerprint density at radius 1 is 1.57 bits per heavy atom. The normalized spacial score (nSPS) is 21.4. The lowest BCUT2D eigenvalue weighted by atomic mass is 10.2. The highest BCUT2D eigenvalue weighted by Gasteiger charge is 2.31. The number of nitrogens with zero attached hydrogens (tertiary/aromatic N) is 1. The average Bonchev–Trinajstić information content (AvgIpc) is 2.66. The number of allylic oxidation sites excluding steroid dienone is 4. The molecule has 114 valence electrons. The van der Waals surface area contributed by atoms with Crippen molar-refractivity contribution in [3.63, 3.8) is 0 Å². The molecule has 1 aliphatic carbocycles. The van der Waals surface area contributed by atoms with Gasteiger partial charge in [-0.1, -0.05) is 67.3 Å². The molecule has 0 spiro atoms. The van der Waals surface area contributed by atoms with Gasteiger partial charge in [-0.05, 0) is 25.8 Å². The van der Waals surface area contributed by atoms with E-state index < -0.39 is 6.10 Å². The van der Waals surface area contributed by atoms with Crippen LogP contribution in [-0.4, -0.2) is 27.4 Å². The molecule has 1 heterocycles. The van der Waals surface area contributed by atoms with Crippen LogP contribution >= 0.6 is 35.7 Å². The largest absolute Gasteiger partial charge is 0.388 e. The third kappa shape index (κ3) is 3.83. The van der Waals surface area contributed by atoms with E-state index in [1.807, 2.05) is 0 Å². The van der Waals surface area contributed by atoms with Crippen molar-refractivity contribution in [3.05, 3.63) is 44.8 Å². The molecular weight excluding hydrogens is 318 g/mol. The van der Waals surface area contributed by atoms with E-state index in [1.165, 1.54) is 22.4 Å². The molecule has 2 rings (SSSR count). The van der Waals surface area contributed by atoms with Gasteiger partial charge in [-0.3, -0.25) is 0 Å². The molecule has 1 aliphatic heterocycles. The molecule has 2 nitrogen and oxygen atoms in total. The maximum absolute atomic E-state index is 10.5. The van der Waals surface area contributed by atoms with Crippen LogP contribution in [0.25, 0.3) is 0 Å². The summed E-state index contributed by atoms with van der Waals surface area (Å²) in [6.07, 6.45) is 10.9. The van der Waals surface area contributed by atoms with E-state index in [9.17, 15) is 5.11 Å². The lowest BCUT2D eigenvalue weighted by Gasteiger charge is -2.23. The summed E-state index contributed by atoms with van der Waals surface area (Å²) in [7, 11) is 0. The van der Waals surface area contributed by atoms with Crippen LogP contribution in [0.5, 0.6) is 0 Å². The van der Waals surface area contributed by atoms with E-state index in [-0.39, 0.29) is 0 Å². The fourth-order valence-corrected chi connectivity index (χ4v) is 4.82. The van der Waals surface area contributed by atoms with E-state index in [2.05, 4.69) is 43.1 Å². The lowest BCUT2D eigenvalue weighted by Crippen LogP contribution is -2.20. The van der Waals surface area contributed by atoms with Crippen LogP contribution in [0.3, 0.4) is 0 Å². The molecule has 0 saturated carbocycles. The zero-order valence-corrected chi connectivity index (χ0v) is 14.9. The molecule has 0 aromatic heterocycles. The van der Waals surface area contributed by atoms with Crippen molar-refractivity contribution in [2.45, 2.75) is 39.2 Å². The number of rotatable bonds is 6. The topological polar surface area (TPSA) is 23.5 Å². The Morgan fingerprint density at radius 2 is 2.38 bits per heavy atom. The van der Waals surface area contributed by atoms with Crippen molar-refractivity contribution in [1.82, 2.24) is 4.90 Å². The van der Waals surface area contributed by atoms with Gasteiger partial charge >= 0.3 is 0 Å². The number of hydrogen-bond donors (Lipinski definition) is 1. The van der Waals surface area contributed by atoms with E-state index in [1.54, 1.807) is 16.5 Å². The second kappa shape index (κ2) is 8.22. The van der Waals surface area contributed by atoms with Gasteiger partial charge in [-0.25, -0.2) is 0 Å². The van der Waals surface area contributed by atoms with E-state index in [0.29, 0.717) is 0 Å². The van der Waals surface area contributed by atoms with Crippen LogP contribution in [-0.2, 0) is 0 Å². The number of thiocarbonyl (C=S) groups is 1. The minimum absolute atomic E-state index is 0.435. The van der Waals surface area contributed by atoms with E-state index in [0.717, 1.165) is 35.7 Å². The highest BCUT2D eigenvalue weighted by atomic mass is 32.2. The maximum Gasteiger partial charge on any atom is 0.0928 e. The highest BCUT2D eigenvalue weighted by molar-refractivity contribution is 8.24. The Balaban J connectivity index is 2.43. The van der Waals surface area contributed by atoms with Crippen LogP contribution in [0.4, 0.5) is 0 Å². The predicted octanol–water partition coefficient (Wildman–Crippen LogP) is 4.80. The van der Waals surface area contributed by atoms with Gasteiger partial charge in [0.1, 0.15) is 0 Å². The van der Waals surface area contributed by atoms with Crippen molar-refractivity contribution >= 4 is 40.4 Å². The predicted molar refractivity (Wildman–Crippen MR) is 99.1 cm³/mol. The molecular formula is C16H21NOS3. The Kier molecular flexibility index (Phi) is 6.61. The van der Waals surface area contributed by atoms with Gasteiger partial charge in [0.05, 0.1) is 16.8 Å². The molecule has 0 bridgehead atoms. The van der Waals surface area contributed by atoms with E-state index >= 15 is 0 Å². The molecule has 1 unspecified atom stereocenters. The molecule has 1 saturated heterocycles. The molecule has 21 heavy (non-hydrogen) atoms. The zero-order chi connectivity index (χ0) is 15.2. The van der Waals surface area contributed by atoms with Gasteiger partial charge < -0.3 is 10.0 Å². The number of aliphatic hydroxyl groups is 1. The van der Waals surface area contributed by atoms with E-state index in [4.69, 9.17) is 12.2 Å². The average molecular weight is 340 g/mol. The first-order chi connectivity index (χ1) is 10.2. The number of hydrogen-bond acceptors (Lipinski definition) is 5. The van der Waals surface area contributed by atoms with Crippen molar-refractivity contribution in [3.8, 4) is 0 Å². The first-order valence-corrected chi connectivity index (χ1v) is 9.44. The second-order valence-corrected chi connectivity index (χ2v) is 7.29. The van der Waals surface area contributed by atoms with Crippen molar-refractivity contribution < 1.29 is 5.11 Å². The molecule has 0 amide bonds. The molecule has 2 aliphatic rings. The SMILES string of the molecule is CCCC(O)C(SC=S)=C1SC2=CC=CCC=C2N1CC. The molecule has 1 atom stereocenters. The van der Waals surface area contributed by atoms with Gasteiger partial charge in [0.15, 0.2) is 0 Å². The summed E-state index contributed by atoms with van der Waals surface area (Å²) in [5.74, 6) is 0. The maximum atomic E-state index is 10.5. The number of thioether (sulfide) groups is 2. The summed E-state index contributed by atoms with van der Waals surface area (Å²) >= 11 is 8.24. The summed E-state index contributed by atoms with van der Waals surface area (Å²) in [5, 5.41) is 11.6. The zero-order valence-electron chi connectivity index (χ0n) is 12.4. The Labute approximate surface area is 141 Å². The quantitative estimate of drug-likeness (QED) is 0.700. The minimum Gasteiger partial charge on any atom is -0.388 e. The second-order valence-electron chi connectivity index (χ2n) is 4.82. The van der Waals surface area contributed by atoms with Crippen molar-refractivity contribution in [2.24, 2.45) is 0 Å². The highest BCUT2D eigenvalue weighted by Crippen LogP contribution is 2.49. The fourth-order valence-electron chi connectivity index (χ4n) is 2.42. The van der Waals surface area contributed by atoms with Crippen molar-refractivity contribution in [2.75, 3.05) is 6.54 Å². The Hall–Kier alpha value is -0.490. The van der Waals surface area contributed by atoms with Crippen LogP contribution in [0, 0.1) is 0 Å². The smallest absolute Gasteiger partial charge is 0.0928 e. The first-order valence-electron chi connectivity index (χ1n) is 7.28. The standard InChI is InChI=1S/C16H21NOS3/c1-3-8-13(18)15(20-11-19)16-17(4-2)12-9-6-5-7-10-14(12)21-16/h5,7,9-11,13,18H,3-4,6,8H2,1-2H3. The van der Waals surface area contributed by atoms with Gasteiger partial charge in [0.2, 0.25) is 0 Å². The lowest BCUT2D eigenvalue weighted by molar-refractivity contribution is 0.205. The monoisotopic (exact) mass is 339 g/mol. The van der Waals surface area contributed by atoms with Gasteiger partial charge in [0.25, 0.3) is 0 Å². The van der Waals surface area contributed by atoms with Crippen LogP contribution in [0.15, 0.2) is 44.8 Å². The van der Waals surface area contributed by atoms with Gasteiger partial charge in [-0.2, -0.15) is 0 Å². The van der Waals surface area contributed by atoms with Crippen LogP contribution < -0.4 is 0 Å². The van der Waals surface area contributed by atoms with Crippen LogP contribution in [0.1, 0.15) is 33.1 Å². The summed E-state index contributed by atoms with van der Waals surface area (Å²) in [6, 6.07) is 0. The van der Waals surface area contributed by atoms with Crippen molar-refractivity contribution in [1.29, 1.82) is 0 Å². The minimum atomic E-state index is -0.435. The molecule has 1 N–H and O–H groups in total. The number of aliphatic hydroxyl groups excluding tert-OH is 1. The number of likely N-dealkylation sites (N-methyl/N-ethyl adjacent to an activating group) is 1. The molecule has 0 radical (unpaired) electrons. The third-order valence-electron chi connectivity index (χ3n) is 3.39. The van der Waals surface area contributed by atoms with Gasteiger partial charge in [0, 0.05) is 21.1 Å². The Morgan fingerprint density at radius 3 is 3.05 bits per heavy atom. The van der Waals surface area contributed by atoms with Crippen LogP contribution in [0.2, 0.25) is 0 Å². The van der Waals surface area contributed by atoms with Gasteiger partial charge in [-0.15, -0.1) is 0 Å². The Bertz CT molecular complexity index is 520. The summed E-state index contributed by atoms with van der Waals surface area (Å²) < 4.78 is 1.65. The first kappa shape index (κ1) is 16.9. The summed E-state index contributed by atoms with van der Waals surface area (Å²) in [6.45, 7) is 5.13. The third-order valence-corrected chi connectivity index (χ3v) is 5.83. The number of fused-ring (bicyclic) bond motifs is 1. The molecule has 1 fully saturated rings. The molecule has 0 aromatic carbocycles. The molecule has 5 heteroatoms. The summed E-state index contributed by atoms with van der Waals surface area (Å²) in [5.41, 5.74) is 1.26. The summed E-state index contributed by atoms with van der Waals surface area (Å²) in [4.78, 5) is 4.54. The molecule has 0 aromatic rings. The fraction of sp³-hybridized carbons (Fsp3) is 0.438.